The maximum absolute atomic E-state index is 13.3. The van der Waals surface area contributed by atoms with Gasteiger partial charge in [-0.15, -0.1) is 0 Å². The molecule has 0 radical (unpaired) electrons. The van der Waals surface area contributed by atoms with Crippen LogP contribution in [-0.4, -0.2) is 83.7 Å². The second-order valence-electron chi connectivity index (χ2n) is 10.1. The van der Waals surface area contributed by atoms with Gasteiger partial charge in [-0.3, -0.25) is 14.6 Å². The lowest BCUT2D eigenvalue weighted by Gasteiger charge is -2.26. The Balaban J connectivity index is 1.25. The molecule has 2 aliphatic rings. The fraction of sp³-hybridized carbons (Fsp3) is 0.281. The lowest BCUT2D eigenvalue weighted by molar-refractivity contribution is -0.122. The van der Waals surface area contributed by atoms with E-state index in [2.05, 4.69) is 4.90 Å². The maximum atomic E-state index is 13.3. The molecule has 230 valence electrons. The average molecular weight is 674 g/mol. The number of carboxylic acid groups (broad SMARTS) is 1. The SMILES string of the molecule is O=C(O)c1ccc(OCCCN2C(=O)C(=Cc3ccc(OCCN4CCOCC4)c(-c4ccc(Cl)c(Cl)c4)c3)SC2=S)cc1. The van der Waals surface area contributed by atoms with Crippen LogP contribution in [0.25, 0.3) is 17.2 Å². The summed E-state index contributed by atoms with van der Waals surface area (Å²) >= 11 is 19.3. The second-order valence-corrected chi connectivity index (χ2v) is 12.5. The fourth-order valence-corrected chi connectivity index (χ4v) is 6.32. The standard InChI is InChI=1S/C32H30Cl2N2O6S2/c33-26-8-5-23(20-27(26)34)25-18-21(2-9-28(25)42-17-13-35-11-15-40-16-12-35)19-29-30(37)36(32(43)44-29)10-1-14-41-24-6-3-22(4-7-24)31(38)39/h2-9,18-20H,1,10-17H2,(H,38,39). The Morgan fingerprint density at radius 1 is 0.977 bits per heavy atom. The Morgan fingerprint density at radius 3 is 2.48 bits per heavy atom. The van der Waals surface area contributed by atoms with Gasteiger partial charge in [0, 0.05) is 31.7 Å². The Bertz CT molecular complexity index is 1560. The number of benzene rings is 3. The highest BCUT2D eigenvalue weighted by Gasteiger charge is 2.31. The van der Waals surface area contributed by atoms with Gasteiger partial charge in [0.25, 0.3) is 5.91 Å². The van der Waals surface area contributed by atoms with E-state index < -0.39 is 5.97 Å². The van der Waals surface area contributed by atoms with Gasteiger partial charge >= 0.3 is 5.97 Å². The Labute approximate surface area is 275 Å². The summed E-state index contributed by atoms with van der Waals surface area (Å²) in [5.74, 6) is 0.117. The first-order valence-electron chi connectivity index (χ1n) is 14.0. The number of hydrogen-bond donors (Lipinski definition) is 1. The molecule has 0 aromatic heterocycles. The number of ether oxygens (including phenoxy) is 3. The van der Waals surface area contributed by atoms with E-state index in [0.29, 0.717) is 56.9 Å². The number of rotatable bonds is 12. The van der Waals surface area contributed by atoms with Crippen LogP contribution in [0.2, 0.25) is 10.0 Å². The van der Waals surface area contributed by atoms with E-state index in [9.17, 15) is 9.59 Å². The molecular formula is C32H30Cl2N2O6S2. The van der Waals surface area contributed by atoms with Crippen molar-refractivity contribution in [3.63, 3.8) is 0 Å². The predicted molar refractivity (Wildman–Crippen MR) is 178 cm³/mol. The molecule has 3 aromatic carbocycles. The van der Waals surface area contributed by atoms with E-state index in [-0.39, 0.29) is 11.5 Å². The van der Waals surface area contributed by atoms with E-state index in [1.807, 2.05) is 30.3 Å². The minimum Gasteiger partial charge on any atom is -0.494 e. The highest BCUT2D eigenvalue weighted by atomic mass is 35.5. The maximum Gasteiger partial charge on any atom is 0.335 e. The zero-order chi connectivity index (χ0) is 31.1. The summed E-state index contributed by atoms with van der Waals surface area (Å²) in [6.45, 7) is 5.29. The molecular weight excluding hydrogens is 643 g/mol. The highest BCUT2D eigenvalue weighted by Crippen LogP contribution is 2.37. The van der Waals surface area contributed by atoms with Crippen molar-refractivity contribution in [3.05, 3.63) is 86.7 Å². The van der Waals surface area contributed by atoms with E-state index in [1.165, 1.54) is 23.9 Å². The van der Waals surface area contributed by atoms with Crippen LogP contribution in [0.3, 0.4) is 0 Å². The van der Waals surface area contributed by atoms with Crippen LogP contribution in [-0.2, 0) is 9.53 Å². The predicted octanol–water partition coefficient (Wildman–Crippen LogP) is 6.74. The van der Waals surface area contributed by atoms with Crippen molar-refractivity contribution in [2.45, 2.75) is 6.42 Å². The van der Waals surface area contributed by atoms with Crippen molar-refractivity contribution in [1.82, 2.24) is 9.80 Å². The minimum absolute atomic E-state index is 0.160. The third kappa shape index (κ3) is 8.32. The molecule has 0 spiro atoms. The molecule has 0 atom stereocenters. The molecule has 0 unspecified atom stereocenters. The monoisotopic (exact) mass is 672 g/mol. The summed E-state index contributed by atoms with van der Waals surface area (Å²) in [5, 5.41) is 9.93. The molecule has 5 rings (SSSR count). The molecule has 1 N–H and O–H groups in total. The molecule has 1 amide bonds. The number of thiocarbonyl (C=S) groups is 1. The Hall–Kier alpha value is -3.12. The smallest absolute Gasteiger partial charge is 0.335 e. The third-order valence-corrected chi connectivity index (χ3v) is 9.19. The van der Waals surface area contributed by atoms with Gasteiger partial charge in [0.15, 0.2) is 0 Å². The molecule has 0 bridgehead atoms. The van der Waals surface area contributed by atoms with Crippen molar-refractivity contribution < 1.29 is 28.9 Å². The highest BCUT2D eigenvalue weighted by molar-refractivity contribution is 8.26. The molecule has 2 aliphatic heterocycles. The first kappa shape index (κ1) is 32.3. The average Bonchev–Trinajstić information content (AvgIpc) is 3.29. The van der Waals surface area contributed by atoms with Gasteiger partial charge in [-0.1, -0.05) is 59.3 Å². The van der Waals surface area contributed by atoms with E-state index in [4.69, 9.17) is 54.7 Å². The summed E-state index contributed by atoms with van der Waals surface area (Å²) < 4.78 is 17.9. The first-order valence-corrected chi connectivity index (χ1v) is 16.0. The summed E-state index contributed by atoms with van der Waals surface area (Å²) in [6.07, 6.45) is 2.39. The molecule has 12 heteroatoms. The molecule has 0 aliphatic carbocycles. The van der Waals surface area contributed by atoms with Crippen LogP contribution in [0.1, 0.15) is 22.3 Å². The largest absolute Gasteiger partial charge is 0.494 e. The first-order chi connectivity index (χ1) is 21.3. The molecule has 8 nitrogen and oxygen atoms in total. The van der Waals surface area contributed by atoms with Crippen LogP contribution in [0, 0.1) is 0 Å². The summed E-state index contributed by atoms with van der Waals surface area (Å²) in [6, 6.07) is 17.4. The van der Waals surface area contributed by atoms with Gasteiger partial charge in [-0.2, -0.15) is 0 Å². The van der Waals surface area contributed by atoms with Crippen LogP contribution < -0.4 is 9.47 Å². The summed E-state index contributed by atoms with van der Waals surface area (Å²) in [7, 11) is 0. The number of hydrogen-bond acceptors (Lipinski definition) is 8. The fourth-order valence-electron chi connectivity index (χ4n) is 4.71. The number of amides is 1. The van der Waals surface area contributed by atoms with Crippen molar-refractivity contribution in [1.29, 1.82) is 0 Å². The second kappa shape index (κ2) is 15.2. The molecule has 44 heavy (non-hydrogen) atoms. The molecule has 2 heterocycles. The summed E-state index contributed by atoms with van der Waals surface area (Å²) in [4.78, 5) is 28.7. The van der Waals surface area contributed by atoms with Crippen LogP contribution >= 0.6 is 47.2 Å². The van der Waals surface area contributed by atoms with Gasteiger partial charge in [0.2, 0.25) is 0 Å². The minimum atomic E-state index is -0.992. The van der Waals surface area contributed by atoms with Crippen LogP contribution in [0.5, 0.6) is 11.5 Å². The molecule has 0 saturated carbocycles. The van der Waals surface area contributed by atoms with E-state index in [0.717, 1.165) is 49.5 Å². The number of nitrogens with zero attached hydrogens (tertiary/aromatic N) is 2. The van der Waals surface area contributed by atoms with Gasteiger partial charge in [0.05, 0.1) is 40.3 Å². The van der Waals surface area contributed by atoms with E-state index >= 15 is 0 Å². The van der Waals surface area contributed by atoms with Gasteiger partial charge in [0.1, 0.15) is 22.4 Å². The van der Waals surface area contributed by atoms with Crippen molar-refractivity contribution in [2.75, 3.05) is 52.6 Å². The quantitative estimate of drug-likeness (QED) is 0.128. The lowest BCUT2D eigenvalue weighted by Crippen LogP contribution is -2.38. The molecule has 2 saturated heterocycles. The topological polar surface area (TPSA) is 88.5 Å². The van der Waals surface area contributed by atoms with Gasteiger partial charge in [-0.25, -0.2) is 4.79 Å². The van der Waals surface area contributed by atoms with Crippen LogP contribution in [0.15, 0.2) is 65.6 Å². The van der Waals surface area contributed by atoms with E-state index in [1.54, 1.807) is 29.2 Å². The molecule has 3 aromatic rings. The number of aromatic carboxylic acids is 1. The Kier molecular flexibility index (Phi) is 11.2. The zero-order valence-electron chi connectivity index (χ0n) is 23.7. The third-order valence-electron chi connectivity index (χ3n) is 7.07. The zero-order valence-corrected chi connectivity index (χ0v) is 26.8. The number of carboxylic acids is 1. The van der Waals surface area contributed by atoms with Crippen molar-refractivity contribution in [2.24, 2.45) is 0 Å². The number of morpholine rings is 1. The normalized spacial score (nSPS) is 16.5. The number of carbonyl (C=O) groups excluding carboxylic acids is 1. The Morgan fingerprint density at radius 2 is 1.75 bits per heavy atom. The lowest BCUT2D eigenvalue weighted by atomic mass is 10.0. The number of halogens is 2. The van der Waals surface area contributed by atoms with Crippen molar-refractivity contribution >= 4 is 69.5 Å². The van der Waals surface area contributed by atoms with Crippen LogP contribution in [0.4, 0.5) is 0 Å². The van der Waals surface area contributed by atoms with Gasteiger partial charge in [-0.05, 0) is 72.2 Å². The van der Waals surface area contributed by atoms with Crippen molar-refractivity contribution in [3.8, 4) is 22.6 Å². The number of carbonyl (C=O) groups is 2. The van der Waals surface area contributed by atoms with Gasteiger partial charge < -0.3 is 19.3 Å². The molecule has 2 fully saturated rings. The number of thioether (sulfide) groups is 1. The summed E-state index contributed by atoms with van der Waals surface area (Å²) in [5.41, 5.74) is 2.70.